The van der Waals surface area contributed by atoms with Gasteiger partial charge in [-0.1, -0.05) is 29.5 Å². The normalized spacial score (nSPS) is 11.0. The Kier molecular flexibility index (Phi) is 5.65. The molecular formula is C23H21N3OS2. The van der Waals surface area contributed by atoms with Crippen molar-refractivity contribution in [3.63, 3.8) is 0 Å². The third-order valence-corrected chi connectivity index (χ3v) is 6.60. The van der Waals surface area contributed by atoms with Gasteiger partial charge in [-0.3, -0.25) is 14.7 Å². The van der Waals surface area contributed by atoms with E-state index in [1.165, 1.54) is 11.1 Å². The molecule has 6 heteroatoms. The van der Waals surface area contributed by atoms with Gasteiger partial charge in [-0.15, -0.1) is 11.8 Å². The molecule has 2 aromatic heterocycles. The van der Waals surface area contributed by atoms with E-state index in [1.54, 1.807) is 34.2 Å². The first-order valence-corrected chi connectivity index (χ1v) is 11.3. The zero-order valence-corrected chi connectivity index (χ0v) is 18.2. The summed E-state index contributed by atoms with van der Waals surface area (Å²) in [5, 5.41) is 0.693. The van der Waals surface area contributed by atoms with Crippen molar-refractivity contribution in [1.82, 2.24) is 9.97 Å². The minimum absolute atomic E-state index is 0.0695. The number of carbonyl (C=O) groups excluding carboxylic acids is 1. The first kappa shape index (κ1) is 19.6. The standard InChI is InChI=1S/C23H21N3OS2/c1-15-11-16(2)21-20(12-15)25-23(29-21)26(14-18-8-4-5-10-24-18)22(27)17-7-6-9-19(13-17)28-3/h4-13H,14H2,1-3H3. The number of aryl methyl sites for hydroxylation is 2. The highest BCUT2D eigenvalue weighted by Gasteiger charge is 2.23. The predicted octanol–water partition coefficient (Wildman–Crippen LogP) is 5.88. The lowest BCUT2D eigenvalue weighted by Crippen LogP contribution is -2.30. The van der Waals surface area contributed by atoms with Crippen LogP contribution in [0.5, 0.6) is 0 Å². The van der Waals surface area contributed by atoms with E-state index < -0.39 is 0 Å². The topological polar surface area (TPSA) is 46.1 Å². The molecule has 146 valence electrons. The lowest BCUT2D eigenvalue weighted by atomic mass is 10.1. The Morgan fingerprint density at radius 3 is 2.72 bits per heavy atom. The van der Waals surface area contributed by atoms with E-state index in [0.717, 1.165) is 20.8 Å². The second kappa shape index (κ2) is 8.35. The van der Waals surface area contributed by atoms with Crippen LogP contribution in [0.4, 0.5) is 5.13 Å². The molecule has 0 bridgehead atoms. The molecule has 0 saturated carbocycles. The SMILES string of the molecule is CSc1cccc(C(=O)N(Cc2ccccn2)c2nc3cc(C)cc(C)c3s2)c1. The van der Waals surface area contributed by atoms with Crippen LogP contribution in [0.15, 0.2) is 65.7 Å². The quantitative estimate of drug-likeness (QED) is 0.379. The number of thioether (sulfide) groups is 1. The number of rotatable bonds is 5. The maximum Gasteiger partial charge on any atom is 0.260 e. The number of thiazole rings is 1. The number of benzene rings is 2. The molecule has 0 aliphatic heterocycles. The molecule has 0 atom stereocenters. The van der Waals surface area contributed by atoms with Gasteiger partial charge in [0.1, 0.15) is 0 Å². The van der Waals surface area contributed by atoms with Crippen LogP contribution in [0.3, 0.4) is 0 Å². The average Bonchev–Trinajstić information content (AvgIpc) is 3.16. The third kappa shape index (κ3) is 4.18. The van der Waals surface area contributed by atoms with Crippen molar-refractivity contribution in [2.24, 2.45) is 0 Å². The Labute approximate surface area is 178 Å². The lowest BCUT2D eigenvalue weighted by Gasteiger charge is -2.20. The van der Waals surface area contributed by atoms with Crippen LogP contribution in [0.1, 0.15) is 27.2 Å². The molecule has 0 radical (unpaired) electrons. The maximum absolute atomic E-state index is 13.5. The van der Waals surface area contributed by atoms with Crippen molar-refractivity contribution in [1.29, 1.82) is 0 Å². The van der Waals surface area contributed by atoms with Gasteiger partial charge in [0, 0.05) is 16.7 Å². The van der Waals surface area contributed by atoms with Crippen molar-refractivity contribution in [3.8, 4) is 0 Å². The highest BCUT2D eigenvalue weighted by atomic mass is 32.2. The van der Waals surface area contributed by atoms with Gasteiger partial charge in [0.2, 0.25) is 0 Å². The van der Waals surface area contributed by atoms with Crippen LogP contribution >= 0.6 is 23.1 Å². The number of fused-ring (bicyclic) bond motifs is 1. The number of amides is 1. The summed E-state index contributed by atoms with van der Waals surface area (Å²) in [5.74, 6) is -0.0695. The van der Waals surface area contributed by atoms with Crippen LogP contribution in [0.2, 0.25) is 0 Å². The number of hydrogen-bond acceptors (Lipinski definition) is 5. The fourth-order valence-corrected chi connectivity index (χ4v) is 4.74. The van der Waals surface area contributed by atoms with E-state index >= 15 is 0 Å². The number of hydrogen-bond donors (Lipinski definition) is 0. The van der Waals surface area contributed by atoms with Crippen molar-refractivity contribution in [2.45, 2.75) is 25.3 Å². The molecule has 2 heterocycles. The minimum atomic E-state index is -0.0695. The maximum atomic E-state index is 13.5. The van der Waals surface area contributed by atoms with E-state index in [9.17, 15) is 4.79 Å². The molecule has 0 aliphatic rings. The summed E-state index contributed by atoms with van der Waals surface area (Å²) in [4.78, 5) is 25.5. The Balaban J connectivity index is 1.79. The summed E-state index contributed by atoms with van der Waals surface area (Å²) in [7, 11) is 0. The summed E-state index contributed by atoms with van der Waals surface area (Å²) in [6, 6.07) is 17.7. The molecule has 0 unspecified atom stereocenters. The first-order valence-electron chi connectivity index (χ1n) is 9.29. The Hall–Kier alpha value is -2.70. The zero-order chi connectivity index (χ0) is 20.4. The number of aromatic nitrogens is 2. The number of pyridine rings is 1. The second-order valence-electron chi connectivity index (χ2n) is 6.87. The summed E-state index contributed by atoms with van der Waals surface area (Å²) < 4.78 is 1.11. The monoisotopic (exact) mass is 419 g/mol. The second-order valence-corrected chi connectivity index (χ2v) is 8.73. The van der Waals surface area contributed by atoms with E-state index in [1.807, 2.05) is 48.7 Å². The number of nitrogens with zero attached hydrogens (tertiary/aromatic N) is 3. The predicted molar refractivity (Wildman–Crippen MR) is 122 cm³/mol. The van der Waals surface area contributed by atoms with Crippen molar-refractivity contribution >= 4 is 44.4 Å². The van der Waals surface area contributed by atoms with E-state index in [2.05, 4.69) is 31.0 Å². The Morgan fingerprint density at radius 2 is 1.97 bits per heavy atom. The first-order chi connectivity index (χ1) is 14.0. The third-order valence-electron chi connectivity index (χ3n) is 4.65. The highest BCUT2D eigenvalue weighted by Crippen LogP contribution is 2.33. The number of carbonyl (C=O) groups is 1. The summed E-state index contributed by atoms with van der Waals surface area (Å²) in [6.45, 7) is 4.53. The van der Waals surface area contributed by atoms with Gasteiger partial charge in [-0.05, 0) is 67.6 Å². The number of anilines is 1. The van der Waals surface area contributed by atoms with E-state index in [4.69, 9.17) is 4.98 Å². The van der Waals surface area contributed by atoms with Gasteiger partial charge in [-0.2, -0.15) is 0 Å². The van der Waals surface area contributed by atoms with Crippen LogP contribution in [0.25, 0.3) is 10.2 Å². The summed E-state index contributed by atoms with van der Waals surface area (Å²) >= 11 is 3.18. The van der Waals surface area contributed by atoms with Gasteiger partial charge in [-0.25, -0.2) is 4.98 Å². The Morgan fingerprint density at radius 1 is 1.10 bits per heavy atom. The molecule has 0 spiro atoms. The molecular weight excluding hydrogens is 398 g/mol. The van der Waals surface area contributed by atoms with Crippen molar-refractivity contribution in [2.75, 3.05) is 11.2 Å². The smallest absolute Gasteiger partial charge is 0.260 e. The van der Waals surface area contributed by atoms with Crippen LogP contribution in [-0.4, -0.2) is 22.1 Å². The molecule has 0 fully saturated rings. The molecule has 4 aromatic rings. The molecule has 1 amide bonds. The largest absolute Gasteiger partial charge is 0.278 e. The molecule has 0 N–H and O–H groups in total. The van der Waals surface area contributed by atoms with Crippen molar-refractivity contribution in [3.05, 3.63) is 83.2 Å². The van der Waals surface area contributed by atoms with Crippen LogP contribution in [-0.2, 0) is 6.54 Å². The van der Waals surface area contributed by atoms with Crippen LogP contribution in [0, 0.1) is 13.8 Å². The van der Waals surface area contributed by atoms with Crippen molar-refractivity contribution < 1.29 is 4.79 Å². The van der Waals surface area contributed by atoms with E-state index in [0.29, 0.717) is 17.2 Å². The lowest BCUT2D eigenvalue weighted by molar-refractivity contribution is 0.0984. The van der Waals surface area contributed by atoms with Gasteiger partial charge < -0.3 is 0 Å². The molecule has 29 heavy (non-hydrogen) atoms. The highest BCUT2D eigenvalue weighted by molar-refractivity contribution is 7.98. The summed E-state index contributed by atoms with van der Waals surface area (Å²) in [5.41, 5.74) is 4.76. The average molecular weight is 420 g/mol. The van der Waals surface area contributed by atoms with Gasteiger partial charge in [0.15, 0.2) is 5.13 Å². The fourth-order valence-electron chi connectivity index (χ4n) is 3.27. The van der Waals surface area contributed by atoms with Gasteiger partial charge >= 0.3 is 0 Å². The Bertz CT molecular complexity index is 1170. The molecule has 0 aliphatic carbocycles. The fraction of sp³-hybridized carbons (Fsp3) is 0.174. The minimum Gasteiger partial charge on any atom is -0.278 e. The molecule has 4 nitrogen and oxygen atoms in total. The molecule has 2 aromatic carbocycles. The molecule has 0 saturated heterocycles. The van der Waals surface area contributed by atoms with Gasteiger partial charge in [0.25, 0.3) is 5.91 Å². The van der Waals surface area contributed by atoms with E-state index in [-0.39, 0.29) is 5.91 Å². The zero-order valence-electron chi connectivity index (χ0n) is 16.5. The van der Waals surface area contributed by atoms with Gasteiger partial charge in [0.05, 0.1) is 22.5 Å². The molecule has 4 rings (SSSR count). The summed E-state index contributed by atoms with van der Waals surface area (Å²) in [6.07, 6.45) is 3.76. The van der Waals surface area contributed by atoms with Crippen LogP contribution < -0.4 is 4.90 Å².